The van der Waals surface area contributed by atoms with Gasteiger partial charge in [0.15, 0.2) is 17.5 Å². The summed E-state index contributed by atoms with van der Waals surface area (Å²) in [5, 5.41) is 2.39. The minimum Gasteiger partial charge on any atom is -0.309 e. The number of aromatic nitrogens is 4. The minimum absolute atomic E-state index is 0.282. The van der Waals surface area contributed by atoms with Crippen molar-refractivity contribution in [1.29, 1.82) is 0 Å². The predicted octanol–water partition coefficient (Wildman–Crippen LogP) is 10.4. The molecule has 4 nitrogen and oxygen atoms in total. The molecule has 0 unspecified atom stereocenters. The molecule has 220 valence electrons. The first-order valence-corrected chi connectivity index (χ1v) is 15.3. The average Bonchev–Trinajstić information content (AvgIpc) is 3.41. The van der Waals surface area contributed by atoms with E-state index in [0.29, 0.717) is 17.5 Å². The summed E-state index contributed by atoms with van der Waals surface area (Å²) < 4.78 is 16.4. The van der Waals surface area contributed by atoms with Crippen LogP contribution in [0.4, 0.5) is 4.39 Å². The van der Waals surface area contributed by atoms with E-state index in [9.17, 15) is 4.39 Å². The van der Waals surface area contributed by atoms with Crippen LogP contribution in [0.25, 0.3) is 72.8 Å². The highest BCUT2D eigenvalue weighted by Gasteiger charge is 2.19. The van der Waals surface area contributed by atoms with E-state index in [0.717, 1.165) is 44.5 Å². The molecular formula is C41H29FN4. The Balaban J connectivity index is 1.44. The molecule has 2 heterocycles. The first-order chi connectivity index (χ1) is 22.5. The maximum atomic E-state index is 14.1. The van der Waals surface area contributed by atoms with Crippen LogP contribution in [0.1, 0.15) is 11.1 Å². The van der Waals surface area contributed by atoms with Crippen LogP contribution in [-0.4, -0.2) is 19.5 Å². The molecule has 0 amide bonds. The summed E-state index contributed by atoms with van der Waals surface area (Å²) in [6, 6.07) is 46.1. The van der Waals surface area contributed by atoms with E-state index in [-0.39, 0.29) is 5.82 Å². The van der Waals surface area contributed by atoms with Gasteiger partial charge in [-0.05, 0) is 72.5 Å². The second-order valence-corrected chi connectivity index (χ2v) is 11.7. The van der Waals surface area contributed by atoms with Crippen molar-refractivity contribution >= 4 is 21.8 Å². The van der Waals surface area contributed by atoms with Gasteiger partial charge in [0.05, 0.1) is 11.0 Å². The second-order valence-electron chi connectivity index (χ2n) is 11.7. The van der Waals surface area contributed by atoms with E-state index in [1.165, 1.54) is 34.0 Å². The van der Waals surface area contributed by atoms with Crippen molar-refractivity contribution in [3.63, 3.8) is 0 Å². The summed E-state index contributed by atoms with van der Waals surface area (Å²) in [5.41, 5.74) is 10.0. The van der Waals surface area contributed by atoms with Crippen LogP contribution in [0, 0.1) is 19.7 Å². The van der Waals surface area contributed by atoms with Gasteiger partial charge in [0.2, 0.25) is 0 Å². The van der Waals surface area contributed by atoms with Crippen LogP contribution in [0.3, 0.4) is 0 Å². The summed E-state index contributed by atoms with van der Waals surface area (Å²) in [6.45, 7) is 4.24. The molecule has 0 aliphatic heterocycles. The molecule has 2 aromatic heterocycles. The molecule has 0 fully saturated rings. The third-order valence-corrected chi connectivity index (χ3v) is 8.44. The lowest BCUT2D eigenvalue weighted by atomic mass is 9.98. The van der Waals surface area contributed by atoms with Gasteiger partial charge in [0, 0.05) is 33.2 Å². The van der Waals surface area contributed by atoms with E-state index in [1.54, 1.807) is 12.1 Å². The number of hydrogen-bond acceptors (Lipinski definition) is 3. The maximum absolute atomic E-state index is 14.1. The van der Waals surface area contributed by atoms with Gasteiger partial charge in [0.25, 0.3) is 0 Å². The fourth-order valence-corrected chi connectivity index (χ4v) is 6.18. The van der Waals surface area contributed by atoms with E-state index < -0.39 is 0 Å². The van der Waals surface area contributed by atoms with Gasteiger partial charge in [-0.15, -0.1) is 0 Å². The Morgan fingerprint density at radius 3 is 1.52 bits per heavy atom. The third-order valence-electron chi connectivity index (χ3n) is 8.44. The van der Waals surface area contributed by atoms with Crippen LogP contribution in [0.5, 0.6) is 0 Å². The Kier molecular flexibility index (Phi) is 6.72. The first-order valence-electron chi connectivity index (χ1n) is 15.3. The average molecular weight is 597 g/mol. The molecular weight excluding hydrogens is 567 g/mol. The van der Waals surface area contributed by atoms with E-state index in [1.807, 2.05) is 60.7 Å². The van der Waals surface area contributed by atoms with Crippen molar-refractivity contribution in [3.05, 3.63) is 156 Å². The Bertz CT molecular complexity index is 2260. The Morgan fingerprint density at radius 2 is 0.978 bits per heavy atom. The van der Waals surface area contributed by atoms with Crippen molar-refractivity contribution in [2.45, 2.75) is 13.8 Å². The largest absolute Gasteiger partial charge is 0.309 e. The summed E-state index contributed by atoms with van der Waals surface area (Å²) in [7, 11) is 0. The molecule has 0 aliphatic carbocycles. The van der Waals surface area contributed by atoms with Crippen LogP contribution in [0.15, 0.2) is 140 Å². The fraction of sp³-hybridized carbons (Fsp3) is 0.0488. The zero-order valence-corrected chi connectivity index (χ0v) is 25.4. The number of hydrogen-bond donors (Lipinski definition) is 0. The molecule has 0 aliphatic rings. The summed E-state index contributed by atoms with van der Waals surface area (Å²) in [5.74, 6) is 1.43. The SMILES string of the molecule is Cc1ccc2c3ccc(C)cc3n(-c3ccc(-c4ccc(F)cc4)c(-c4nc(-c5ccccc5)nc(-c5ccccc5)n4)c3)c2c1. The lowest BCUT2D eigenvalue weighted by Crippen LogP contribution is -2.02. The zero-order valence-electron chi connectivity index (χ0n) is 25.4. The van der Waals surface area contributed by atoms with Gasteiger partial charge in [-0.2, -0.15) is 0 Å². The van der Waals surface area contributed by atoms with Gasteiger partial charge in [-0.25, -0.2) is 19.3 Å². The Morgan fingerprint density at radius 1 is 0.457 bits per heavy atom. The summed E-state index contributed by atoms with van der Waals surface area (Å²) in [6.07, 6.45) is 0. The number of benzene rings is 6. The minimum atomic E-state index is -0.282. The molecule has 8 aromatic rings. The van der Waals surface area contributed by atoms with Crippen LogP contribution < -0.4 is 0 Å². The molecule has 0 radical (unpaired) electrons. The highest BCUT2D eigenvalue weighted by atomic mass is 19.1. The van der Waals surface area contributed by atoms with Crippen molar-refractivity contribution in [2.24, 2.45) is 0 Å². The molecule has 0 atom stereocenters. The maximum Gasteiger partial charge on any atom is 0.164 e. The lowest BCUT2D eigenvalue weighted by molar-refractivity contribution is 0.628. The van der Waals surface area contributed by atoms with Gasteiger partial charge >= 0.3 is 0 Å². The number of nitrogens with zero attached hydrogens (tertiary/aromatic N) is 4. The number of aryl methyl sites for hydroxylation is 2. The molecule has 0 N–H and O–H groups in total. The van der Waals surface area contributed by atoms with Crippen LogP contribution in [0.2, 0.25) is 0 Å². The van der Waals surface area contributed by atoms with Crippen molar-refractivity contribution in [2.75, 3.05) is 0 Å². The van der Waals surface area contributed by atoms with Gasteiger partial charge in [-0.1, -0.05) is 103 Å². The number of rotatable bonds is 5. The van der Waals surface area contributed by atoms with Crippen LogP contribution >= 0.6 is 0 Å². The van der Waals surface area contributed by atoms with Gasteiger partial charge in [-0.3, -0.25) is 0 Å². The van der Waals surface area contributed by atoms with Crippen molar-refractivity contribution in [3.8, 4) is 51.0 Å². The topological polar surface area (TPSA) is 43.6 Å². The number of fused-ring (bicyclic) bond motifs is 3. The first kappa shape index (κ1) is 27.6. The molecule has 46 heavy (non-hydrogen) atoms. The van der Waals surface area contributed by atoms with E-state index in [4.69, 9.17) is 15.0 Å². The number of halogens is 1. The fourth-order valence-electron chi connectivity index (χ4n) is 6.18. The monoisotopic (exact) mass is 596 g/mol. The van der Waals surface area contributed by atoms with Crippen molar-refractivity contribution < 1.29 is 4.39 Å². The second kappa shape index (κ2) is 11.2. The Labute approximate surface area is 266 Å². The van der Waals surface area contributed by atoms with Crippen LogP contribution in [-0.2, 0) is 0 Å². The lowest BCUT2D eigenvalue weighted by Gasteiger charge is -2.16. The summed E-state index contributed by atoms with van der Waals surface area (Å²) in [4.78, 5) is 15.1. The zero-order chi connectivity index (χ0) is 31.2. The molecule has 0 bridgehead atoms. The highest BCUT2D eigenvalue weighted by Crippen LogP contribution is 2.38. The molecule has 0 spiro atoms. The normalized spacial score (nSPS) is 11.4. The Hall–Kier alpha value is -5.94. The van der Waals surface area contributed by atoms with Gasteiger partial charge in [0.1, 0.15) is 5.82 Å². The standard InChI is InChI=1S/C41H29FN4/c1-26-13-20-34-35-21-14-27(2)24-38(35)46(37(34)23-26)32-19-22-33(28-15-17-31(42)18-16-28)36(25-32)41-44-39(29-9-5-3-6-10-29)43-40(45-41)30-11-7-4-8-12-30/h3-25H,1-2H3. The molecule has 0 saturated heterocycles. The van der Waals surface area contributed by atoms with E-state index >= 15 is 0 Å². The molecule has 8 rings (SSSR count). The predicted molar refractivity (Wildman–Crippen MR) is 185 cm³/mol. The molecule has 6 aromatic carbocycles. The highest BCUT2D eigenvalue weighted by molar-refractivity contribution is 6.09. The van der Waals surface area contributed by atoms with E-state index in [2.05, 4.69) is 73.0 Å². The molecule has 0 saturated carbocycles. The van der Waals surface area contributed by atoms with Gasteiger partial charge < -0.3 is 4.57 Å². The smallest absolute Gasteiger partial charge is 0.164 e. The van der Waals surface area contributed by atoms with Crippen molar-refractivity contribution in [1.82, 2.24) is 19.5 Å². The summed E-state index contributed by atoms with van der Waals surface area (Å²) >= 11 is 0. The molecule has 5 heteroatoms. The quantitative estimate of drug-likeness (QED) is 0.199. The third kappa shape index (κ3) is 4.92.